The standard InChI is InChI=1S/C43H77O13P/c1-3-5-7-9-11-13-15-17-18-20-22-24-26-28-30-32-37(45)55-35(34-54-57(51,52)56-43-41(49)39(47)38(46)40(48)42(43)50)33-53-36(44)31-29-27-25-23-21-19-16-14-12-10-8-6-4-2/h5,7,11,13,17-18,35,38-43,46-50H,3-4,6,8-10,12,14-16,19-34H2,1-2H3,(H,51,52)/b7-5-,13-11-,18-17-/t35-,38?,39-,40?,41?,42?,43?/m1/s1. The Labute approximate surface area is 342 Å². The van der Waals surface area contributed by atoms with E-state index >= 15 is 0 Å². The number of allylic oxidation sites excluding steroid dienone is 6. The van der Waals surface area contributed by atoms with Crippen LogP contribution in [0.3, 0.4) is 0 Å². The van der Waals surface area contributed by atoms with Gasteiger partial charge in [-0.3, -0.25) is 18.6 Å². The number of aliphatic hydroxyl groups is 5. The van der Waals surface area contributed by atoms with Gasteiger partial charge in [-0.25, -0.2) is 4.57 Å². The minimum Gasteiger partial charge on any atom is -0.462 e. The summed E-state index contributed by atoms with van der Waals surface area (Å²) in [6.45, 7) is 3.16. The highest BCUT2D eigenvalue weighted by Gasteiger charge is 2.51. The fourth-order valence-electron chi connectivity index (χ4n) is 6.48. The van der Waals surface area contributed by atoms with E-state index in [9.17, 15) is 44.6 Å². The van der Waals surface area contributed by atoms with Crippen LogP contribution in [0.15, 0.2) is 36.5 Å². The molecule has 0 aromatic heterocycles. The third kappa shape index (κ3) is 26.7. The number of aliphatic hydroxyl groups excluding tert-OH is 5. The molecule has 13 nitrogen and oxygen atoms in total. The van der Waals surface area contributed by atoms with Crippen molar-refractivity contribution in [1.82, 2.24) is 0 Å². The number of hydrogen-bond acceptors (Lipinski definition) is 12. The highest BCUT2D eigenvalue weighted by molar-refractivity contribution is 7.47. The number of unbranched alkanes of at least 4 members (excludes halogenated alkanes) is 17. The molecular formula is C43H77O13P. The molecule has 1 aliphatic rings. The number of hydrogen-bond donors (Lipinski definition) is 6. The topological polar surface area (TPSA) is 210 Å². The summed E-state index contributed by atoms with van der Waals surface area (Å²) < 4.78 is 33.4. The van der Waals surface area contributed by atoms with Gasteiger partial charge in [0.05, 0.1) is 6.61 Å². The molecule has 0 bridgehead atoms. The van der Waals surface area contributed by atoms with Crippen molar-refractivity contribution in [3.63, 3.8) is 0 Å². The molecular weight excluding hydrogens is 755 g/mol. The van der Waals surface area contributed by atoms with Crippen molar-refractivity contribution in [3.8, 4) is 0 Å². The Kier molecular flexibility index (Phi) is 31.5. The third-order valence-electron chi connectivity index (χ3n) is 10.00. The van der Waals surface area contributed by atoms with Crippen LogP contribution in [0.2, 0.25) is 0 Å². The van der Waals surface area contributed by atoms with Crippen molar-refractivity contribution in [3.05, 3.63) is 36.5 Å². The van der Waals surface area contributed by atoms with Crippen LogP contribution in [0.25, 0.3) is 0 Å². The lowest BCUT2D eigenvalue weighted by molar-refractivity contribution is -0.220. The number of rotatable bonds is 35. The third-order valence-corrected chi connectivity index (χ3v) is 11.0. The number of esters is 2. The Hall–Kier alpha value is -1.93. The van der Waals surface area contributed by atoms with Crippen molar-refractivity contribution >= 4 is 19.8 Å². The number of phosphoric ester groups is 1. The van der Waals surface area contributed by atoms with Gasteiger partial charge in [-0.2, -0.15) is 0 Å². The van der Waals surface area contributed by atoms with Crippen molar-refractivity contribution in [2.24, 2.45) is 0 Å². The first-order valence-corrected chi connectivity index (χ1v) is 23.3. The van der Waals surface area contributed by atoms with Crippen molar-refractivity contribution in [2.45, 2.75) is 211 Å². The number of carbonyl (C=O) groups is 2. The summed E-state index contributed by atoms with van der Waals surface area (Å²) in [6.07, 6.45) is 23.5. The largest absolute Gasteiger partial charge is 0.472 e. The predicted molar refractivity (Wildman–Crippen MR) is 221 cm³/mol. The average Bonchev–Trinajstić information content (AvgIpc) is 3.19. The van der Waals surface area contributed by atoms with Gasteiger partial charge in [-0.1, -0.05) is 147 Å². The summed E-state index contributed by atoms with van der Waals surface area (Å²) in [4.78, 5) is 35.6. The molecule has 57 heavy (non-hydrogen) atoms. The van der Waals surface area contributed by atoms with E-state index in [2.05, 4.69) is 50.3 Å². The van der Waals surface area contributed by atoms with E-state index in [4.69, 9.17) is 18.5 Å². The first-order chi connectivity index (χ1) is 27.4. The molecule has 1 rings (SSSR count). The second-order valence-electron chi connectivity index (χ2n) is 15.2. The maximum atomic E-state index is 12.8. The Morgan fingerprint density at radius 2 is 1.00 bits per heavy atom. The van der Waals surface area contributed by atoms with E-state index < -0.39 is 75.7 Å². The van der Waals surface area contributed by atoms with Gasteiger partial charge < -0.3 is 39.9 Å². The van der Waals surface area contributed by atoms with E-state index in [1.807, 2.05) is 0 Å². The van der Waals surface area contributed by atoms with E-state index in [1.165, 1.54) is 57.8 Å². The smallest absolute Gasteiger partial charge is 0.462 e. The summed E-state index contributed by atoms with van der Waals surface area (Å²) in [5, 5.41) is 50.0. The Balaban J connectivity index is 2.50. The molecule has 1 aliphatic carbocycles. The maximum Gasteiger partial charge on any atom is 0.472 e. The molecule has 1 fully saturated rings. The van der Waals surface area contributed by atoms with E-state index in [1.54, 1.807) is 0 Å². The molecule has 8 atom stereocenters. The fraction of sp³-hybridized carbons (Fsp3) is 0.814. The lowest BCUT2D eigenvalue weighted by Gasteiger charge is -2.41. The zero-order chi connectivity index (χ0) is 42.2. The van der Waals surface area contributed by atoms with Gasteiger partial charge in [0.2, 0.25) is 0 Å². The summed E-state index contributed by atoms with van der Waals surface area (Å²) in [6, 6.07) is 0. The first kappa shape index (κ1) is 53.1. The maximum absolute atomic E-state index is 12.8. The molecule has 0 radical (unpaired) electrons. The Morgan fingerprint density at radius 3 is 1.53 bits per heavy atom. The highest BCUT2D eigenvalue weighted by Crippen LogP contribution is 2.47. The molecule has 6 unspecified atom stereocenters. The van der Waals surface area contributed by atoms with Gasteiger partial charge in [-0.15, -0.1) is 0 Å². The zero-order valence-electron chi connectivity index (χ0n) is 34.9. The Morgan fingerprint density at radius 1 is 0.561 bits per heavy atom. The molecule has 0 heterocycles. The quantitative estimate of drug-likeness (QED) is 0.0156. The SMILES string of the molecule is CC/C=C\C/C=C\C/C=C\CCCCCCCC(=O)O[C@H](COC(=O)CCCCCCCCCCCCCCC)COP(=O)(O)OC1C(O)C(O)C(O)[C@@H](O)C1O. The van der Waals surface area contributed by atoms with Gasteiger partial charge >= 0.3 is 19.8 Å². The van der Waals surface area contributed by atoms with Crippen LogP contribution in [-0.4, -0.2) is 98.3 Å². The van der Waals surface area contributed by atoms with Crippen LogP contribution in [0.5, 0.6) is 0 Å². The summed E-state index contributed by atoms with van der Waals surface area (Å²) >= 11 is 0. The van der Waals surface area contributed by atoms with Crippen molar-refractivity contribution in [1.29, 1.82) is 0 Å². The number of phosphoric acid groups is 1. The number of ether oxygens (including phenoxy) is 2. The molecule has 6 N–H and O–H groups in total. The van der Waals surface area contributed by atoms with Crippen LogP contribution in [0.1, 0.15) is 168 Å². The van der Waals surface area contributed by atoms with Crippen LogP contribution in [0.4, 0.5) is 0 Å². The lowest BCUT2D eigenvalue weighted by atomic mass is 9.85. The molecule has 14 heteroatoms. The van der Waals surface area contributed by atoms with Gasteiger partial charge in [-0.05, 0) is 44.9 Å². The molecule has 0 aromatic rings. The lowest BCUT2D eigenvalue weighted by Crippen LogP contribution is -2.64. The van der Waals surface area contributed by atoms with Gasteiger partial charge in [0.1, 0.15) is 43.2 Å². The van der Waals surface area contributed by atoms with Crippen LogP contribution < -0.4 is 0 Å². The molecule has 0 aliphatic heterocycles. The van der Waals surface area contributed by atoms with Crippen LogP contribution in [0, 0.1) is 0 Å². The van der Waals surface area contributed by atoms with Gasteiger partial charge in [0.25, 0.3) is 0 Å². The number of carbonyl (C=O) groups excluding carboxylic acids is 2. The molecule has 0 spiro atoms. The molecule has 1 saturated carbocycles. The second-order valence-corrected chi connectivity index (χ2v) is 16.6. The Bertz CT molecular complexity index is 1150. The van der Waals surface area contributed by atoms with E-state index in [0.29, 0.717) is 12.8 Å². The molecule has 0 saturated heterocycles. The summed E-state index contributed by atoms with van der Waals surface area (Å²) in [5.74, 6) is -1.12. The van der Waals surface area contributed by atoms with Crippen LogP contribution >= 0.6 is 7.82 Å². The van der Waals surface area contributed by atoms with E-state index in [0.717, 1.165) is 70.6 Å². The first-order valence-electron chi connectivity index (χ1n) is 21.8. The van der Waals surface area contributed by atoms with Crippen molar-refractivity contribution in [2.75, 3.05) is 13.2 Å². The molecule has 332 valence electrons. The van der Waals surface area contributed by atoms with Gasteiger partial charge in [0, 0.05) is 12.8 Å². The second kappa shape index (κ2) is 33.9. The van der Waals surface area contributed by atoms with Gasteiger partial charge in [0.15, 0.2) is 6.10 Å². The van der Waals surface area contributed by atoms with Crippen molar-refractivity contribution < 1.29 is 63.1 Å². The van der Waals surface area contributed by atoms with E-state index in [-0.39, 0.29) is 12.8 Å². The molecule has 0 amide bonds. The average molecular weight is 833 g/mol. The summed E-state index contributed by atoms with van der Waals surface area (Å²) in [5.41, 5.74) is 0. The normalized spacial score (nSPS) is 23.0. The van der Waals surface area contributed by atoms with Crippen LogP contribution in [-0.2, 0) is 32.7 Å². The minimum atomic E-state index is -5.12. The monoisotopic (exact) mass is 833 g/mol. The predicted octanol–water partition coefficient (Wildman–Crippen LogP) is 7.83. The highest BCUT2D eigenvalue weighted by atomic mass is 31.2. The fourth-order valence-corrected chi connectivity index (χ4v) is 7.45. The molecule has 0 aromatic carbocycles. The zero-order valence-corrected chi connectivity index (χ0v) is 35.8. The minimum absolute atomic E-state index is 0.0783. The summed E-state index contributed by atoms with van der Waals surface area (Å²) in [7, 11) is -5.12.